The lowest BCUT2D eigenvalue weighted by atomic mass is 9.83. The quantitative estimate of drug-likeness (QED) is 0.812. The summed E-state index contributed by atoms with van der Waals surface area (Å²) in [6, 6.07) is 4.59. The molecule has 0 unspecified atom stereocenters. The molecular formula is C20H34N2O. The van der Waals surface area contributed by atoms with E-state index in [9.17, 15) is 0 Å². The number of rotatable bonds is 6. The summed E-state index contributed by atoms with van der Waals surface area (Å²) in [5.74, 6) is 1.10. The molecule has 1 saturated heterocycles. The minimum absolute atomic E-state index is 0.118. The minimum Gasteiger partial charge on any atom is -0.496 e. The van der Waals surface area contributed by atoms with Gasteiger partial charge in [-0.05, 0) is 43.7 Å². The van der Waals surface area contributed by atoms with Gasteiger partial charge in [0.1, 0.15) is 5.75 Å². The van der Waals surface area contributed by atoms with E-state index in [0.717, 1.165) is 25.3 Å². The fourth-order valence-electron chi connectivity index (χ4n) is 3.42. The van der Waals surface area contributed by atoms with E-state index in [1.165, 1.54) is 49.2 Å². The largest absolute Gasteiger partial charge is 0.496 e. The number of nitrogens with zero attached hydrogens (tertiary/aromatic N) is 1. The summed E-state index contributed by atoms with van der Waals surface area (Å²) in [5.41, 5.74) is 4.16. The Hall–Kier alpha value is -1.06. The van der Waals surface area contributed by atoms with Gasteiger partial charge in [-0.1, -0.05) is 38.5 Å². The summed E-state index contributed by atoms with van der Waals surface area (Å²) in [5, 5.41) is 3.41. The SMILES string of the molecule is COc1c(CCCCN2CCNCC2)cc(C)cc1C(C)(C)C. The first kappa shape index (κ1) is 18.3. The van der Waals surface area contributed by atoms with Crippen molar-refractivity contribution >= 4 is 0 Å². The minimum atomic E-state index is 0.118. The van der Waals surface area contributed by atoms with Gasteiger partial charge in [-0.3, -0.25) is 0 Å². The van der Waals surface area contributed by atoms with E-state index in [1.807, 2.05) is 7.11 Å². The van der Waals surface area contributed by atoms with Crippen molar-refractivity contribution in [3.63, 3.8) is 0 Å². The zero-order chi connectivity index (χ0) is 16.9. The van der Waals surface area contributed by atoms with Gasteiger partial charge in [0, 0.05) is 31.7 Å². The maximum atomic E-state index is 5.79. The molecule has 3 heteroatoms. The molecule has 23 heavy (non-hydrogen) atoms. The summed E-state index contributed by atoms with van der Waals surface area (Å²) in [6.07, 6.45) is 3.61. The summed E-state index contributed by atoms with van der Waals surface area (Å²) < 4.78 is 5.79. The third-order valence-electron chi connectivity index (χ3n) is 4.70. The molecule has 3 nitrogen and oxygen atoms in total. The molecule has 1 aromatic carbocycles. The van der Waals surface area contributed by atoms with Crippen LogP contribution >= 0.6 is 0 Å². The Bertz CT molecular complexity index is 499. The van der Waals surface area contributed by atoms with E-state index in [1.54, 1.807) is 0 Å². The number of piperazine rings is 1. The van der Waals surface area contributed by atoms with E-state index in [0.29, 0.717) is 0 Å². The fraction of sp³-hybridized carbons (Fsp3) is 0.700. The summed E-state index contributed by atoms with van der Waals surface area (Å²) >= 11 is 0. The van der Waals surface area contributed by atoms with Crippen LogP contribution in [0.25, 0.3) is 0 Å². The lowest BCUT2D eigenvalue weighted by Gasteiger charge is -2.27. The molecule has 0 atom stereocenters. The van der Waals surface area contributed by atoms with Gasteiger partial charge in [0.15, 0.2) is 0 Å². The van der Waals surface area contributed by atoms with E-state index < -0.39 is 0 Å². The Balaban J connectivity index is 1.97. The molecule has 130 valence electrons. The number of hydrogen-bond donors (Lipinski definition) is 1. The third-order valence-corrected chi connectivity index (χ3v) is 4.70. The number of nitrogens with one attached hydrogen (secondary N) is 1. The van der Waals surface area contributed by atoms with Crippen LogP contribution in [0.1, 0.15) is 50.3 Å². The fourth-order valence-corrected chi connectivity index (χ4v) is 3.42. The Morgan fingerprint density at radius 2 is 1.83 bits per heavy atom. The summed E-state index contributed by atoms with van der Waals surface area (Å²) in [4.78, 5) is 2.57. The lowest BCUT2D eigenvalue weighted by Crippen LogP contribution is -2.43. The van der Waals surface area contributed by atoms with Crippen molar-refractivity contribution in [1.82, 2.24) is 10.2 Å². The Labute approximate surface area is 142 Å². The van der Waals surface area contributed by atoms with Crippen molar-refractivity contribution in [3.8, 4) is 5.75 Å². The molecule has 1 aliphatic rings. The van der Waals surface area contributed by atoms with Crippen molar-refractivity contribution in [3.05, 3.63) is 28.8 Å². The molecule has 0 aromatic heterocycles. The monoisotopic (exact) mass is 318 g/mol. The molecule has 0 amide bonds. The highest BCUT2D eigenvalue weighted by Crippen LogP contribution is 2.35. The van der Waals surface area contributed by atoms with Crippen LogP contribution in [-0.4, -0.2) is 44.7 Å². The van der Waals surface area contributed by atoms with Gasteiger partial charge >= 0.3 is 0 Å². The second-order valence-electron chi connectivity index (χ2n) is 7.80. The van der Waals surface area contributed by atoms with Crippen LogP contribution in [0.5, 0.6) is 5.75 Å². The highest BCUT2D eigenvalue weighted by Gasteiger charge is 2.21. The third kappa shape index (κ3) is 5.22. The van der Waals surface area contributed by atoms with Gasteiger partial charge in [-0.25, -0.2) is 0 Å². The molecule has 1 aromatic rings. The van der Waals surface area contributed by atoms with Crippen LogP contribution in [0.3, 0.4) is 0 Å². The Morgan fingerprint density at radius 1 is 1.13 bits per heavy atom. The molecule has 0 saturated carbocycles. The van der Waals surface area contributed by atoms with Gasteiger partial charge in [-0.15, -0.1) is 0 Å². The van der Waals surface area contributed by atoms with Gasteiger partial charge in [0.2, 0.25) is 0 Å². The molecule has 0 spiro atoms. The van der Waals surface area contributed by atoms with Gasteiger partial charge in [0.25, 0.3) is 0 Å². The topological polar surface area (TPSA) is 24.5 Å². The average Bonchev–Trinajstić information content (AvgIpc) is 2.51. The van der Waals surface area contributed by atoms with Crippen LogP contribution < -0.4 is 10.1 Å². The first-order valence-electron chi connectivity index (χ1n) is 9.03. The zero-order valence-electron chi connectivity index (χ0n) is 15.7. The maximum absolute atomic E-state index is 5.79. The van der Waals surface area contributed by atoms with E-state index in [2.05, 4.69) is 50.0 Å². The van der Waals surface area contributed by atoms with Crippen LogP contribution in [0.4, 0.5) is 0 Å². The Kier molecular flexibility index (Phi) is 6.49. The molecule has 1 N–H and O–H groups in total. The van der Waals surface area contributed by atoms with Crippen molar-refractivity contribution in [2.45, 2.75) is 52.4 Å². The first-order chi connectivity index (χ1) is 10.9. The molecular weight excluding hydrogens is 284 g/mol. The number of aryl methyl sites for hydroxylation is 2. The normalized spacial score (nSPS) is 16.6. The summed E-state index contributed by atoms with van der Waals surface area (Å²) in [7, 11) is 1.81. The smallest absolute Gasteiger partial charge is 0.125 e. The standard InChI is InChI=1S/C20H34N2O/c1-16-14-17(19(23-5)18(15-16)20(2,3)4)8-6-7-11-22-12-9-21-10-13-22/h14-15,21H,6-13H2,1-5H3. The molecule has 0 radical (unpaired) electrons. The Morgan fingerprint density at radius 3 is 2.43 bits per heavy atom. The van der Waals surface area contributed by atoms with Gasteiger partial charge in [-0.2, -0.15) is 0 Å². The van der Waals surface area contributed by atoms with Gasteiger partial charge in [0.05, 0.1) is 7.11 Å². The number of hydrogen-bond acceptors (Lipinski definition) is 3. The highest BCUT2D eigenvalue weighted by molar-refractivity contribution is 5.47. The molecule has 2 rings (SSSR count). The predicted octanol–water partition coefficient (Wildman–Crippen LogP) is 3.53. The van der Waals surface area contributed by atoms with Crippen LogP contribution in [0.15, 0.2) is 12.1 Å². The van der Waals surface area contributed by atoms with Crippen LogP contribution in [0.2, 0.25) is 0 Å². The molecule has 1 heterocycles. The lowest BCUT2D eigenvalue weighted by molar-refractivity contribution is 0.236. The summed E-state index contributed by atoms with van der Waals surface area (Å²) in [6.45, 7) is 14.9. The van der Waals surface area contributed by atoms with Gasteiger partial charge < -0.3 is 15.0 Å². The van der Waals surface area contributed by atoms with Crippen LogP contribution in [0, 0.1) is 6.92 Å². The molecule has 1 fully saturated rings. The van der Waals surface area contributed by atoms with Crippen molar-refractivity contribution < 1.29 is 4.74 Å². The molecule has 0 aliphatic carbocycles. The second kappa shape index (κ2) is 8.16. The van der Waals surface area contributed by atoms with E-state index >= 15 is 0 Å². The van der Waals surface area contributed by atoms with E-state index in [4.69, 9.17) is 4.74 Å². The average molecular weight is 319 g/mol. The second-order valence-corrected chi connectivity index (χ2v) is 7.80. The maximum Gasteiger partial charge on any atom is 0.125 e. The number of unbranched alkanes of at least 4 members (excludes halogenated alkanes) is 1. The number of benzene rings is 1. The number of ether oxygens (including phenoxy) is 1. The van der Waals surface area contributed by atoms with Crippen molar-refractivity contribution in [2.75, 3.05) is 39.8 Å². The highest BCUT2D eigenvalue weighted by atomic mass is 16.5. The number of methoxy groups -OCH3 is 1. The first-order valence-corrected chi connectivity index (χ1v) is 9.03. The van der Waals surface area contributed by atoms with Crippen LogP contribution in [-0.2, 0) is 11.8 Å². The predicted molar refractivity (Wildman–Crippen MR) is 98.7 cm³/mol. The molecule has 1 aliphatic heterocycles. The van der Waals surface area contributed by atoms with E-state index in [-0.39, 0.29) is 5.41 Å². The zero-order valence-corrected chi connectivity index (χ0v) is 15.7. The molecule has 0 bridgehead atoms. The van der Waals surface area contributed by atoms with Crippen molar-refractivity contribution in [1.29, 1.82) is 0 Å². The van der Waals surface area contributed by atoms with Crippen molar-refractivity contribution in [2.24, 2.45) is 0 Å².